The Hall–Kier alpha value is -2.20. The minimum Gasteiger partial charge on any atom is -0.343 e. The van der Waals surface area contributed by atoms with Gasteiger partial charge >= 0.3 is 0 Å². The van der Waals surface area contributed by atoms with Crippen LogP contribution in [0.1, 0.15) is 35.3 Å². The number of rotatable bonds is 4. The first-order valence-corrected chi connectivity index (χ1v) is 8.17. The number of nitrogens with one attached hydrogen (secondary N) is 1. The average molecular weight is 310 g/mol. The van der Waals surface area contributed by atoms with Gasteiger partial charge in [0.15, 0.2) is 0 Å². The SMILES string of the molecule is CC(C)C(NC(=O)c1cc2ccccc2s1)c1ccccn1. The molecular formula is C18H18N2OS. The Labute approximate surface area is 134 Å². The van der Waals surface area contributed by atoms with Crippen LogP contribution in [0.2, 0.25) is 0 Å². The summed E-state index contributed by atoms with van der Waals surface area (Å²) in [6.07, 6.45) is 1.76. The summed E-state index contributed by atoms with van der Waals surface area (Å²) in [5.41, 5.74) is 0.895. The minimum absolute atomic E-state index is 0.0365. The van der Waals surface area contributed by atoms with Gasteiger partial charge < -0.3 is 5.32 Å². The molecule has 0 radical (unpaired) electrons. The maximum atomic E-state index is 12.6. The Balaban J connectivity index is 1.85. The third kappa shape index (κ3) is 3.02. The molecule has 3 nitrogen and oxygen atoms in total. The lowest BCUT2D eigenvalue weighted by atomic mass is 10.0. The van der Waals surface area contributed by atoms with Crippen LogP contribution in [0.25, 0.3) is 10.1 Å². The van der Waals surface area contributed by atoms with E-state index in [1.807, 2.05) is 48.5 Å². The summed E-state index contributed by atoms with van der Waals surface area (Å²) in [6, 6.07) is 15.7. The second kappa shape index (κ2) is 6.28. The van der Waals surface area contributed by atoms with Gasteiger partial charge in [0.1, 0.15) is 0 Å². The molecule has 1 aromatic carbocycles. The molecule has 3 aromatic rings. The van der Waals surface area contributed by atoms with Crippen molar-refractivity contribution in [1.82, 2.24) is 10.3 Å². The zero-order valence-corrected chi connectivity index (χ0v) is 13.4. The van der Waals surface area contributed by atoms with Crippen molar-refractivity contribution in [2.24, 2.45) is 5.92 Å². The molecule has 0 bridgehead atoms. The fourth-order valence-corrected chi connectivity index (χ4v) is 3.41. The number of hydrogen-bond donors (Lipinski definition) is 1. The van der Waals surface area contributed by atoms with Gasteiger partial charge in [-0.25, -0.2) is 0 Å². The molecular weight excluding hydrogens is 292 g/mol. The van der Waals surface area contributed by atoms with E-state index in [1.54, 1.807) is 6.20 Å². The zero-order chi connectivity index (χ0) is 15.5. The minimum atomic E-state index is -0.0843. The molecule has 2 heterocycles. The van der Waals surface area contributed by atoms with E-state index in [9.17, 15) is 4.79 Å². The van der Waals surface area contributed by atoms with Gasteiger partial charge in [-0.15, -0.1) is 11.3 Å². The standard InChI is InChI=1S/C18H18N2OS/c1-12(2)17(14-8-5-6-10-19-14)20-18(21)16-11-13-7-3-4-9-15(13)22-16/h3-12,17H,1-2H3,(H,20,21). The summed E-state index contributed by atoms with van der Waals surface area (Å²) >= 11 is 1.52. The van der Waals surface area contributed by atoms with Gasteiger partial charge in [0.05, 0.1) is 16.6 Å². The Morgan fingerprint density at radius 3 is 2.59 bits per heavy atom. The molecule has 0 saturated heterocycles. The number of nitrogens with zero attached hydrogens (tertiary/aromatic N) is 1. The lowest BCUT2D eigenvalue weighted by Gasteiger charge is -2.21. The number of hydrogen-bond acceptors (Lipinski definition) is 3. The predicted octanol–water partition coefficient (Wildman–Crippen LogP) is 4.42. The number of fused-ring (bicyclic) bond motifs is 1. The van der Waals surface area contributed by atoms with Crippen molar-refractivity contribution in [1.29, 1.82) is 0 Å². The second-order valence-corrected chi connectivity index (χ2v) is 6.68. The molecule has 0 aliphatic carbocycles. The summed E-state index contributed by atoms with van der Waals surface area (Å²) in [4.78, 5) is 17.7. The molecule has 112 valence electrons. The molecule has 1 unspecified atom stereocenters. The molecule has 1 atom stereocenters. The first kappa shape index (κ1) is 14.7. The summed E-state index contributed by atoms with van der Waals surface area (Å²) in [7, 11) is 0. The van der Waals surface area contributed by atoms with Gasteiger partial charge in [-0.1, -0.05) is 38.1 Å². The lowest BCUT2D eigenvalue weighted by Crippen LogP contribution is -2.31. The van der Waals surface area contributed by atoms with Crippen LogP contribution in [0.5, 0.6) is 0 Å². The van der Waals surface area contributed by atoms with E-state index in [4.69, 9.17) is 0 Å². The fraction of sp³-hybridized carbons (Fsp3) is 0.222. The van der Waals surface area contributed by atoms with E-state index in [1.165, 1.54) is 11.3 Å². The second-order valence-electron chi connectivity index (χ2n) is 5.60. The van der Waals surface area contributed by atoms with Crippen LogP contribution in [0.4, 0.5) is 0 Å². The van der Waals surface area contributed by atoms with Gasteiger partial charge in [-0.2, -0.15) is 0 Å². The van der Waals surface area contributed by atoms with Crippen molar-refractivity contribution < 1.29 is 4.79 Å². The van der Waals surface area contributed by atoms with E-state index in [0.29, 0.717) is 0 Å². The number of aromatic nitrogens is 1. The molecule has 1 amide bonds. The van der Waals surface area contributed by atoms with Crippen LogP contribution in [-0.2, 0) is 0 Å². The molecule has 0 saturated carbocycles. The van der Waals surface area contributed by atoms with Crippen LogP contribution >= 0.6 is 11.3 Å². The number of carbonyl (C=O) groups excluding carboxylic acids is 1. The first-order valence-electron chi connectivity index (χ1n) is 7.35. The average Bonchev–Trinajstić information content (AvgIpc) is 2.97. The number of benzene rings is 1. The molecule has 3 rings (SSSR count). The highest BCUT2D eigenvalue weighted by Gasteiger charge is 2.21. The van der Waals surface area contributed by atoms with Crippen LogP contribution in [0.15, 0.2) is 54.7 Å². The Morgan fingerprint density at radius 2 is 1.91 bits per heavy atom. The van der Waals surface area contributed by atoms with Gasteiger partial charge in [0.2, 0.25) is 0 Å². The van der Waals surface area contributed by atoms with Crippen molar-refractivity contribution in [2.45, 2.75) is 19.9 Å². The quantitative estimate of drug-likeness (QED) is 0.775. The topological polar surface area (TPSA) is 42.0 Å². The highest BCUT2D eigenvalue weighted by Crippen LogP contribution is 2.26. The summed E-state index contributed by atoms with van der Waals surface area (Å²) in [5.74, 6) is 0.235. The Bertz CT molecular complexity index is 747. The molecule has 0 aliphatic rings. The van der Waals surface area contributed by atoms with E-state index in [2.05, 4.69) is 24.1 Å². The molecule has 0 spiro atoms. The summed E-state index contributed by atoms with van der Waals surface area (Å²) in [5, 5.41) is 4.23. The molecule has 0 aliphatic heterocycles. The van der Waals surface area contributed by atoms with E-state index >= 15 is 0 Å². The first-order chi connectivity index (χ1) is 10.6. The predicted molar refractivity (Wildman–Crippen MR) is 91.1 cm³/mol. The van der Waals surface area contributed by atoms with Crippen molar-refractivity contribution in [3.05, 3.63) is 65.3 Å². The molecule has 4 heteroatoms. The molecule has 1 N–H and O–H groups in total. The van der Waals surface area contributed by atoms with Gasteiger partial charge in [0, 0.05) is 10.9 Å². The van der Waals surface area contributed by atoms with Gasteiger partial charge in [-0.3, -0.25) is 9.78 Å². The number of thiophene rings is 1. The monoisotopic (exact) mass is 310 g/mol. The summed E-state index contributed by atoms with van der Waals surface area (Å²) < 4.78 is 1.13. The van der Waals surface area contributed by atoms with Crippen molar-refractivity contribution >= 4 is 27.3 Å². The third-order valence-corrected chi connectivity index (χ3v) is 4.72. The fourth-order valence-electron chi connectivity index (χ4n) is 2.45. The van der Waals surface area contributed by atoms with E-state index < -0.39 is 0 Å². The smallest absolute Gasteiger partial charge is 0.261 e. The highest BCUT2D eigenvalue weighted by atomic mass is 32.1. The van der Waals surface area contributed by atoms with Crippen LogP contribution < -0.4 is 5.32 Å². The largest absolute Gasteiger partial charge is 0.343 e. The van der Waals surface area contributed by atoms with Crippen molar-refractivity contribution in [2.75, 3.05) is 0 Å². The van der Waals surface area contributed by atoms with Gasteiger partial charge in [0.25, 0.3) is 5.91 Å². The number of pyridine rings is 1. The molecule has 2 aromatic heterocycles. The van der Waals surface area contributed by atoms with Crippen molar-refractivity contribution in [3.63, 3.8) is 0 Å². The van der Waals surface area contributed by atoms with E-state index in [0.717, 1.165) is 20.7 Å². The molecule has 22 heavy (non-hydrogen) atoms. The summed E-state index contributed by atoms with van der Waals surface area (Å²) in [6.45, 7) is 4.18. The normalized spacial score (nSPS) is 12.5. The zero-order valence-electron chi connectivity index (χ0n) is 12.6. The van der Waals surface area contributed by atoms with Crippen LogP contribution in [0, 0.1) is 5.92 Å². The number of carbonyl (C=O) groups is 1. The highest BCUT2D eigenvalue weighted by molar-refractivity contribution is 7.20. The van der Waals surface area contributed by atoms with Crippen molar-refractivity contribution in [3.8, 4) is 0 Å². The lowest BCUT2D eigenvalue weighted by molar-refractivity contribution is 0.0928. The van der Waals surface area contributed by atoms with E-state index in [-0.39, 0.29) is 17.9 Å². The Kier molecular flexibility index (Phi) is 4.20. The number of amides is 1. The maximum absolute atomic E-state index is 12.6. The van der Waals surface area contributed by atoms with Crippen LogP contribution in [0.3, 0.4) is 0 Å². The van der Waals surface area contributed by atoms with Gasteiger partial charge in [-0.05, 0) is 35.6 Å². The Morgan fingerprint density at radius 1 is 1.14 bits per heavy atom. The third-order valence-electron chi connectivity index (χ3n) is 3.61. The maximum Gasteiger partial charge on any atom is 0.261 e. The molecule has 0 fully saturated rings. The van der Waals surface area contributed by atoms with Crippen LogP contribution in [-0.4, -0.2) is 10.9 Å².